The summed E-state index contributed by atoms with van der Waals surface area (Å²) >= 11 is 0. The van der Waals surface area contributed by atoms with Gasteiger partial charge in [-0.2, -0.15) is 0 Å². The summed E-state index contributed by atoms with van der Waals surface area (Å²) in [4.78, 5) is 10.6. The summed E-state index contributed by atoms with van der Waals surface area (Å²) in [5, 5.41) is 8.75. The van der Waals surface area contributed by atoms with Gasteiger partial charge in [-0.1, -0.05) is 18.6 Å². The maximum atomic E-state index is 10.6. The molecule has 2 unspecified atom stereocenters. The van der Waals surface area contributed by atoms with Gasteiger partial charge in [0.15, 0.2) is 0 Å². The second-order valence-corrected chi connectivity index (χ2v) is 3.47. The molecular weight excluding hydrogens is 140 g/mol. The van der Waals surface area contributed by atoms with Crippen LogP contribution in [0.2, 0.25) is 0 Å². The second kappa shape index (κ2) is 3.07. The first-order chi connectivity index (χ1) is 5.09. The average Bonchev–Trinajstić information content (AvgIpc) is 1.85. The van der Waals surface area contributed by atoms with E-state index in [1.807, 2.05) is 6.92 Å². The molecule has 0 aromatic rings. The van der Waals surface area contributed by atoms with Crippen molar-refractivity contribution in [3.05, 3.63) is 11.6 Å². The van der Waals surface area contributed by atoms with E-state index in [4.69, 9.17) is 5.11 Å². The Balaban J connectivity index is 2.64. The Morgan fingerprint density at radius 1 is 1.73 bits per heavy atom. The van der Waals surface area contributed by atoms with Gasteiger partial charge in [-0.3, -0.25) is 4.79 Å². The van der Waals surface area contributed by atoms with E-state index in [-0.39, 0.29) is 5.92 Å². The summed E-state index contributed by atoms with van der Waals surface area (Å²) in [7, 11) is 0. The number of carboxylic acids is 1. The topological polar surface area (TPSA) is 37.3 Å². The third-order valence-electron chi connectivity index (χ3n) is 2.14. The summed E-state index contributed by atoms with van der Waals surface area (Å²) in [5.74, 6) is -0.357. The quantitative estimate of drug-likeness (QED) is 0.587. The van der Waals surface area contributed by atoms with Gasteiger partial charge in [0.2, 0.25) is 0 Å². The Kier molecular flexibility index (Phi) is 2.32. The number of aliphatic carboxylic acids is 1. The molecule has 1 rings (SSSR count). The van der Waals surface area contributed by atoms with Crippen molar-refractivity contribution in [3.63, 3.8) is 0 Å². The SMILES string of the molecule is CC1=CC(C)CC(C(=O)O)C1. The maximum absolute atomic E-state index is 10.6. The summed E-state index contributed by atoms with van der Waals surface area (Å²) in [6.07, 6.45) is 3.70. The van der Waals surface area contributed by atoms with E-state index in [1.165, 1.54) is 5.57 Å². The van der Waals surface area contributed by atoms with Crippen LogP contribution in [-0.2, 0) is 4.79 Å². The van der Waals surface area contributed by atoms with Crippen molar-refractivity contribution >= 4 is 5.97 Å². The lowest BCUT2D eigenvalue weighted by Gasteiger charge is -2.21. The standard InChI is InChI=1S/C9H14O2/c1-6-3-7(2)5-8(4-6)9(10)11/h3,6,8H,4-5H2,1-2H3,(H,10,11). The van der Waals surface area contributed by atoms with Crippen molar-refractivity contribution in [2.45, 2.75) is 26.7 Å². The van der Waals surface area contributed by atoms with Gasteiger partial charge in [-0.05, 0) is 25.7 Å². The first-order valence-corrected chi connectivity index (χ1v) is 3.99. The molecule has 1 aliphatic rings. The maximum Gasteiger partial charge on any atom is 0.306 e. The molecule has 2 heteroatoms. The Morgan fingerprint density at radius 3 is 2.82 bits per heavy atom. The van der Waals surface area contributed by atoms with Crippen molar-refractivity contribution in [1.29, 1.82) is 0 Å². The molecule has 0 amide bonds. The van der Waals surface area contributed by atoms with Gasteiger partial charge in [0, 0.05) is 0 Å². The molecular formula is C9H14O2. The fourth-order valence-electron chi connectivity index (χ4n) is 1.73. The molecule has 1 aliphatic carbocycles. The van der Waals surface area contributed by atoms with Gasteiger partial charge in [0.05, 0.1) is 5.92 Å². The number of hydrogen-bond donors (Lipinski definition) is 1. The minimum Gasteiger partial charge on any atom is -0.481 e. The average molecular weight is 154 g/mol. The van der Waals surface area contributed by atoms with E-state index < -0.39 is 5.97 Å². The van der Waals surface area contributed by atoms with Crippen LogP contribution < -0.4 is 0 Å². The number of allylic oxidation sites excluding steroid dienone is 2. The van der Waals surface area contributed by atoms with E-state index in [0.29, 0.717) is 5.92 Å². The predicted octanol–water partition coefficient (Wildman–Crippen LogP) is 2.06. The zero-order chi connectivity index (χ0) is 8.43. The van der Waals surface area contributed by atoms with Crippen LogP contribution in [0.25, 0.3) is 0 Å². The largest absolute Gasteiger partial charge is 0.481 e. The molecule has 0 aromatic carbocycles. The molecule has 62 valence electrons. The molecule has 0 heterocycles. The summed E-state index contributed by atoms with van der Waals surface area (Å²) in [6.45, 7) is 4.07. The highest BCUT2D eigenvalue weighted by molar-refractivity contribution is 5.70. The van der Waals surface area contributed by atoms with Crippen molar-refractivity contribution in [2.75, 3.05) is 0 Å². The van der Waals surface area contributed by atoms with Crippen LogP contribution in [0.5, 0.6) is 0 Å². The van der Waals surface area contributed by atoms with Crippen LogP contribution in [0.4, 0.5) is 0 Å². The number of rotatable bonds is 1. The lowest BCUT2D eigenvalue weighted by molar-refractivity contribution is -0.142. The highest BCUT2D eigenvalue weighted by atomic mass is 16.4. The molecule has 0 radical (unpaired) electrons. The lowest BCUT2D eigenvalue weighted by atomic mass is 9.84. The van der Waals surface area contributed by atoms with E-state index >= 15 is 0 Å². The minimum atomic E-state index is -0.649. The highest BCUT2D eigenvalue weighted by Crippen LogP contribution is 2.27. The number of carbonyl (C=O) groups is 1. The zero-order valence-corrected chi connectivity index (χ0v) is 7.00. The van der Waals surface area contributed by atoms with Crippen LogP contribution in [-0.4, -0.2) is 11.1 Å². The summed E-state index contributed by atoms with van der Waals surface area (Å²) < 4.78 is 0. The molecule has 0 aromatic heterocycles. The monoisotopic (exact) mass is 154 g/mol. The fourth-order valence-corrected chi connectivity index (χ4v) is 1.73. The molecule has 0 saturated heterocycles. The first-order valence-electron chi connectivity index (χ1n) is 3.99. The second-order valence-electron chi connectivity index (χ2n) is 3.47. The lowest BCUT2D eigenvalue weighted by Crippen LogP contribution is -2.19. The van der Waals surface area contributed by atoms with Gasteiger partial charge < -0.3 is 5.11 Å². The highest BCUT2D eigenvalue weighted by Gasteiger charge is 2.23. The molecule has 0 fully saturated rings. The molecule has 2 nitrogen and oxygen atoms in total. The van der Waals surface area contributed by atoms with E-state index in [9.17, 15) is 4.79 Å². The smallest absolute Gasteiger partial charge is 0.306 e. The molecule has 0 bridgehead atoms. The zero-order valence-electron chi connectivity index (χ0n) is 7.00. The van der Waals surface area contributed by atoms with Crippen LogP contribution >= 0.6 is 0 Å². The number of hydrogen-bond acceptors (Lipinski definition) is 1. The third-order valence-corrected chi connectivity index (χ3v) is 2.14. The first kappa shape index (κ1) is 8.31. The molecule has 2 atom stereocenters. The van der Waals surface area contributed by atoms with Crippen molar-refractivity contribution in [3.8, 4) is 0 Å². The molecule has 0 saturated carbocycles. The van der Waals surface area contributed by atoms with Gasteiger partial charge in [-0.15, -0.1) is 0 Å². The molecule has 1 N–H and O–H groups in total. The van der Waals surface area contributed by atoms with Crippen molar-refractivity contribution in [2.24, 2.45) is 11.8 Å². The third kappa shape index (κ3) is 2.07. The summed E-state index contributed by atoms with van der Waals surface area (Å²) in [5.41, 5.74) is 1.22. The minimum absolute atomic E-state index is 0.144. The van der Waals surface area contributed by atoms with Crippen molar-refractivity contribution < 1.29 is 9.90 Å². The Bertz CT molecular complexity index is 194. The van der Waals surface area contributed by atoms with Crippen LogP contribution in [0.3, 0.4) is 0 Å². The summed E-state index contributed by atoms with van der Waals surface area (Å²) in [6, 6.07) is 0. The normalized spacial score (nSPS) is 31.3. The van der Waals surface area contributed by atoms with Crippen LogP contribution in [0.15, 0.2) is 11.6 Å². The predicted molar refractivity (Wildman–Crippen MR) is 43.3 cm³/mol. The van der Waals surface area contributed by atoms with Gasteiger partial charge in [0.25, 0.3) is 0 Å². The van der Waals surface area contributed by atoms with E-state index in [0.717, 1.165) is 12.8 Å². The van der Waals surface area contributed by atoms with Gasteiger partial charge in [0.1, 0.15) is 0 Å². The number of carboxylic acid groups (broad SMARTS) is 1. The molecule has 0 aliphatic heterocycles. The van der Waals surface area contributed by atoms with Crippen LogP contribution in [0.1, 0.15) is 26.7 Å². The fraction of sp³-hybridized carbons (Fsp3) is 0.667. The Hall–Kier alpha value is -0.790. The Morgan fingerprint density at radius 2 is 2.36 bits per heavy atom. The molecule has 11 heavy (non-hydrogen) atoms. The Labute approximate surface area is 66.9 Å². The van der Waals surface area contributed by atoms with E-state index in [2.05, 4.69) is 13.0 Å². The van der Waals surface area contributed by atoms with Crippen molar-refractivity contribution in [1.82, 2.24) is 0 Å². The van der Waals surface area contributed by atoms with Gasteiger partial charge in [-0.25, -0.2) is 0 Å². The van der Waals surface area contributed by atoms with Crippen LogP contribution in [0, 0.1) is 11.8 Å². The molecule has 0 spiro atoms. The van der Waals surface area contributed by atoms with E-state index in [1.54, 1.807) is 0 Å². The van der Waals surface area contributed by atoms with Gasteiger partial charge >= 0.3 is 5.97 Å².